The first-order chi connectivity index (χ1) is 10.6. The summed E-state index contributed by atoms with van der Waals surface area (Å²) in [6.07, 6.45) is 0.0482. The first-order valence-corrected chi connectivity index (χ1v) is 7.15. The molecule has 2 rings (SSSR count). The Labute approximate surface area is 128 Å². The van der Waals surface area contributed by atoms with Crippen LogP contribution in [0.1, 0.15) is 16.8 Å². The molecule has 0 radical (unpaired) electrons. The largest absolute Gasteiger partial charge is 0.376 e. The van der Waals surface area contributed by atoms with E-state index in [2.05, 4.69) is 10.6 Å². The standard InChI is InChI=1S/C15H19FN2O4/c16-12-3-1-11(2-4-12)15(20)17-6-5-14(19)18-9-13-10-21-7-8-22-13/h1-4,13H,5-10H2,(H,17,20)(H,18,19). The van der Waals surface area contributed by atoms with Crippen LogP contribution in [-0.2, 0) is 14.3 Å². The van der Waals surface area contributed by atoms with Crippen LogP contribution in [-0.4, -0.2) is 50.8 Å². The number of nitrogens with one attached hydrogen (secondary N) is 2. The summed E-state index contributed by atoms with van der Waals surface area (Å²) in [6.45, 7) is 2.20. The van der Waals surface area contributed by atoms with Gasteiger partial charge in [-0.1, -0.05) is 0 Å². The maximum absolute atomic E-state index is 12.7. The Morgan fingerprint density at radius 1 is 1.18 bits per heavy atom. The molecule has 1 atom stereocenters. The third-order valence-electron chi connectivity index (χ3n) is 3.16. The molecule has 6 nitrogen and oxygen atoms in total. The number of carbonyl (C=O) groups excluding carboxylic acids is 2. The SMILES string of the molecule is O=C(CCNC(=O)c1ccc(F)cc1)NCC1COCCO1. The quantitative estimate of drug-likeness (QED) is 0.801. The molecule has 1 aromatic rings. The van der Waals surface area contributed by atoms with Crippen LogP contribution in [0.5, 0.6) is 0 Å². The van der Waals surface area contributed by atoms with E-state index in [1.807, 2.05) is 0 Å². The Morgan fingerprint density at radius 2 is 1.95 bits per heavy atom. The van der Waals surface area contributed by atoms with Crippen molar-refractivity contribution in [1.82, 2.24) is 10.6 Å². The summed E-state index contributed by atoms with van der Waals surface area (Å²) in [5.74, 6) is -0.907. The molecule has 1 heterocycles. The van der Waals surface area contributed by atoms with E-state index in [0.29, 0.717) is 31.9 Å². The first-order valence-electron chi connectivity index (χ1n) is 7.15. The molecule has 2 N–H and O–H groups in total. The summed E-state index contributed by atoms with van der Waals surface area (Å²) in [4.78, 5) is 23.4. The molecule has 1 aliphatic heterocycles. The zero-order valence-corrected chi connectivity index (χ0v) is 12.1. The third-order valence-corrected chi connectivity index (χ3v) is 3.16. The monoisotopic (exact) mass is 310 g/mol. The second-order valence-corrected chi connectivity index (χ2v) is 4.88. The molecule has 0 bridgehead atoms. The summed E-state index contributed by atoms with van der Waals surface area (Å²) in [5.41, 5.74) is 0.356. The number of ether oxygens (including phenoxy) is 2. The van der Waals surface area contributed by atoms with E-state index < -0.39 is 5.82 Å². The van der Waals surface area contributed by atoms with Crippen LogP contribution >= 0.6 is 0 Å². The summed E-state index contributed by atoms with van der Waals surface area (Å²) in [7, 11) is 0. The Bertz CT molecular complexity index is 501. The Hall–Kier alpha value is -1.99. The van der Waals surface area contributed by atoms with Gasteiger partial charge in [0.1, 0.15) is 5.82 Å². The number of carbonyl (C=O) groups is 2. The van der Waals surface area contributed by atoms with Gasteiger partial charge < -0.3 is 20.1 Å². The Balaban J connectivity index is 1.61. The fourth-order valence-corrected chi connectivity index (χ4v) is 1.96. The molecule has 2 amide bonds. The molecule has 1 fully saturated rings. The molecule has 0 spiro atoms. The molecule has 0 aromatic heterocycles. The van der Waals surface area contributed by atoms with Crippen molar-refractivity contribution in [3.63, 3.8) is 0 Å². The lowest BCUT2D eigenvalue weighted by molar-refractivity contribution is -0.123. The zero-order valence-electron chi connectivity index (χ0n) is 12.1. The minimum absolute atomic E-state index is 0.119. The number of benzene rings is 1. The Morgan fingerprint density at radius 3 is 2.64 bits per heavy atom. The molecule has 1 saturated heterocycles. The minimum Gasteiger partial charge on any atom is -0.376 e. The lowest BCUT2D eigenvalue weighted by atomic mass is 10.2. The van der Waals surface area contributed by atoms with Gasteiger partial charge in [-0.25, -0.2) is 4.39 Å². The number of amides is 2. The van der Waals surface area contributed by atoms with Crippen molar-refractivity contribution in [2.75, 3.05) is 32.9 Å². The molecule has 120 valence electrons. The van der Waals surface area contributed by atoms with Crippen molar-refractivity contribution in [3.05, 3.63) is 35.6 Å². The second-order valence-electron chi connectivity index (χ2n) is 4.88. The minimum atomic E-state index is -0.398. The molecule has 0 saturated carbocycles. The van der Waals surface area contributed by atoms with Crippen molar-refractivity contribution in [3.8, 4) is 0 Å². The van der Waals surface area contributed by atoms with E-state index in [1.54, 1.807) is 0 Å². The molecule has 1 aliphatic rings. The maximum Gasteiger partial charge on any atom is 0.251 e. The van der Waals surface area contributed by atoms with Crippen molar-refractivity contribution in [2.45, 2.75) is 12.5 Å². The van der Waals surface area contributed by atoms with Gasteiger partial charge in [0.15, 0.2) is 0 Å². The van der Waals surface area contributed by atoms with Crippen LogP contribution in [0.2, 0.25) is 0 Å². The predicted molar refractivity (Wildman–Crippen MR) is 76.9 cm³/mol. The molecule has 1 aromatic carbocycles. The lowest BCUT2D eigenvalue weighted by Gasteiger charge is -2.23. The van der Waals surface area contributed by atoms with E-state index in [0.717, 1.165) is 0 Å². The Kier molecular flexibility index (Phi) is 6.29. The topological polar surface area (TPSA) is 76.7 Å². The van der Waals surface area contributed by atoms with Crippen LogP contribution in [0.25, 0.3) is 0 Å². The number of hydrogen-bond acceptors (Lipinski definition) is 4. The van der Waals surface area contributed by atoms with E-state index >= 15 is 0 Å². The van der Waals surface area contributed by atoms with Gasteiger partial charge in [0.05, 0.1) is 25.9 Å². The van der Waals surface area contributed by atoms with Gasteiger partial charge >= 0.3 is 0 Å². The number of rotatable bonds is 6. The normalized spacial score (nSPS) is 17.8. The van der Waals surface area contributed by atoms with Crippen LogP contribution in [0.3, 0.4) is 0 Å². The van der Waals surface area contributed by atoms with Crippen LogP contribution in [0.15, 0.2) is 24.3 Å². The summed E-state index contributed by atoms with van der Waals surface area (Å²) >= 11 is 0. The molecule has 1 unspecified atom stereocenters. The molecule has 7 heteroatoms. The van der Waals surface area contributed by atoms with Gasteiger partial charge in [-0.2, -0.15) is 0 Å². The zero-order chi connectivity index (χ0) is 15.8. The highest BCUT2D eigenvalue weighted by Crippen LogP contribution is 2.02. The van der Waals surface area contributed by atoms with Gasteiger partial charge in [-0.15, -0.1) is 0 Å². The van der Waals surface area contributed by atoms with Gasteiger partial charge in [0.2, 0.25) is 5.91 Å². The highest BCUT2D eigenvalue weighted by atomic mass is 19.1. The van der Waals surface area contributed by atoms with Crippen LogP contribution in [0, 0.1) is 5.82 Å². The van der Waals surface area contributed by atoms with Gasteiger partial charge in [-0.05, 0) is 24.3 Å². The smallest absolute Gasteiger partial charge is 0.251 e. The highest BCUT2D eigenvalue weighted by Gasteiger charge is 2.15. The van der Waals surface area contributed by atoms with Crippen LogP contribution < -0.4 is 10.6 Å². The molecule has 22 heavy (non-hydrogen) atoms. The van der Waals surface area contributed by atoms with E-state index in [9.17, 15) is 14.0 Å². The summed E-state index contributed by atoms with van der Waals surface area (Å²) in [6, 6.07) is 5.22. The molecular weight excluding hydrogens is 291 g/mol. The van der Waals surface area contributed by atoms with Crippen molar-refractivity contribution in [1.29, 1.82) is 0 Å². The molecule has 0 aliphatic carbocycles. The van der Waals surface area contributed by atoms with Crippen molar-refractivity contribution in [2.24, 2.45) is 0 Å². The predicted octanol–water partition coefficient (Wildman–Crippen LogP) is 0.477. The number of halogens is 1. The van der Waals surface area contributed by atoms with Crippen molar-refractivity contribution >= 4 is 11.8 Å². The summed E-state index contributed by atoms with van der Waals surface area (Å²) < 4.78 is 23.4. The third kappa shape index (κ3) is 5.42. The molecular formula is C15H19FN2O4. The fraction of sp³-hybridized carbons (Fsp3) is 0.467. The van der Waals surface area contributed by atoms with Crippen molar-refractivity contribution < 1.29 is 23.5 Å². The first kappa shape index (κ1) is 16.4. The summed E-state index contributed by atoms with van der Waals surface area (Å²) in [5, 5.41) is 5.34. The second kappa shape index (κ2) is 8.45. The van der Waals surface area contributed by atoms with E-state index in [4.69, 9.17) is 9.47 Å². The van der Waals surface area contributed by atoms with Gasteiger partial charge in [-0.3, -0.25) is 9.59 Å². The van der Waals surface area contributed by atoms with Gasteiger partial charge in [0, 0.05) is 25.1 Å². The van der Waals surface area contributed by atoms with Gasteiger partial charge in [0.25, 0.3) is 5.91 Å². The lowest BCUT2D eigenvalue weighted by Crippen LogP contribution is -2.40. The number of hydrogen-bond donors (Lipinski definition) is 2. The van der Waals surface area contributed by atoms with E-state index in [-0.39, 0.29) is 30.9 Å². The highest BCUT2D eigenvalue weighted by molar-refractivity contribution is 5.94. The average Bonchev–Trinajstić information content (AvgIpc) is 2.54. The fourth-order valence-electron chi connectivity index (χ4n) is 1.96. The average molecular weight is 310 g/mol. The van der Waals surface area contributed by atoms with E-state index in [1.165, 1.54) is 24.3 Å². The van der Waals surface area contributed by atoms with Crippen LogP contribution in [0.4, 0.5) is 4.39 Å². The maximum atomic E-state index is 12.7.